The van der Waals surface area contributed by atoms with Gasteiger partial charge >= 0.3 is 5.97 Å². The van der Waals surface area contributed by atoms with Gasteiger partial charge in [-0.15, -0.1) is 0 Å². The molecular formula is C18H32O3. The summed E-state index contributed by atoms with van der Waals surface area (Å²) in [6.45, 7) is 7.75. The van der Waals surface area contributed by atoms with Crippen LogP contribution < -0.4 is 0 Å². The number of ketones is 1. The Labute approximate surface area is 130 Å². The quantitative estimate of drug-likeness (QED) is 0.170. The van der Waals surface area contributed by atoms with Crippen molar-refractivity contribution in [3.8, 4) is 0 Å². The third kappa shape index (κ3) is 10.3. The first-order chi connectivity index (χ1) is 10.0. The third-order valence-corrected chi connectivity index (χ3v) is 3.59. The van der Waals surface area contributed by atoms with E-state index in [-0.39, 0.29) is 17.3 Å². The van der Waals surface area contributed by atoms with Crippen LogP contribution in [-0.4, -0.2) is 18.4 Å². The molecule has 0 N–H and O–H groups in total. The Morgan fingerprint density at radius 1 is 1.00 bits per heavy atom. The number of Topliss-reactive ketones (excluding diaryl/α,β-unsaturated/α-hetero) is 1. The normalized spacial score (nSPS) is 13.0. The second kappa shape index (κ2) is 12.6. The summed E-state index contributed by atoms with van der Waals surface area (Å²) in [7, 11) is 0. The monoisotopic (exact) mass is 296 g/mol. The number of rotatable bonds is 12. The van der Waals surface area contributed by atoms with Crippen LogP contribution in [0.3, 0.4) is 0 Å². The van der Waals surface area contributed by atoms with E-state index in [1.807, 2.05) is 0 Å². The van der Waals surface area contributed by atoms with Gasteiger partial charge in [-0.25, -0.2) is 4.79 Å². The van der Waals surface area contributed by atoms with Crippen LogP contribution in [0.5, 0.6) is 0 Å². The molecule has 3 nitrogen and oxygen atoms in total. The van der Waals surface area contributed by atoms with Gasteiger partial charge in [-0.05, 0) is 26.2 Å². The van der Waals surface area contributed by atoms with Crippen LogP contribution >= 0.6 is 0 Å². The van der Waals surface area contributed by atoms with E-state index in [0.717, 1.165) is 12.8 Å². The van der Waals surface area contributed by atoms with E-state index >= 15 is 0 Å². The topological polar surface area (TPSA) is 43.4 Å². The van der Waals surface area contributed by atoms with Gasteiger partial charge in [0.1, 0.15) is 0 Å². The fraction of sp³-hybridized carbons (Fsp3) is 0.778. The molecule has 0 bridgehead atoms. The highest BCUT2D eigenvalue weighted by atomic mass is 16.5. The highest BCUT2D eigenvalue weighted by molar-refractivity contribution is 6.16. The number of ether oxygens (including phenoxy) is 1. The molecule has 0 heterocycles. The van der Waals surface area contributed by atoms with E-state index in [0.29, 0.717) is 6.61 Å². The van der Waals surface area contributed by atoms with Gasteiger partial charge < -0.3 is 4.74 Å². The van der Waals surface area contributed by atoms with Crippen LogP contribution in [0, 0.1) is 5.92 Å². The molecule has 21 heavy (non-hydrogen) atoms. The van der Waals surface area contributed by atoms with E-state index in [1.165, 1.54) is 45.4 Å². The van der Waals surface area contributed by atoms with E-state index in [1.54, 1.807) is 13.0 Å². The van der Waals surface area contributed by atoms with Gasteiger partial charge in [0.05, 0.1) is 12.2 Å². The fourth-order valence-electron chi connectivity index (χ4n) is 2.33. The average molecular weight is 296 g/mol. The standard InChI is InChI=1S/C18H32O3/c1-5-7-8-9-10-11-12-13-15(3)14-17(16(4)19)18(20)21-6-2/h14-15H,5-13H2,1-4H3. The number of unbranched alkanes of at least 4 members (excludes halogenated alkanes) is 6. The molecule has 0 aliphatic rings. The minimum absolute atomic E-state index is 0.201. The van der Waals surface area contributed by atoms with E-state index < -0.39 is 5.97 Å². The van der Waals surface area contributed by atoms with Gasteiger partial charge in [-0.3, -0.25) is 4.79 Å². The smallest absolute Gasteiger partial charge is 0.341 e. The molecule has 1 unspecified atom stereocenters. The number of hydrogen-bond acceptors (Lipinski definition) is 3. The Kier molecular flexibility index (Phi) is 11.9. The second-order valence-corrected chi connectivity index (χ2v) is 5.74. The Morgan fingerprint density at radius 2 is 1.57 bits per heavy atom. The molecule has 0 aromatic rings. The van der Waals surface area contributed by atoms with Gasteiger partial charge in [0.2, 0.25) is 0 Å². The van der Waals surface area contributed by atoms with Gasteiger partial charge in [-0.2, -0.15) is 0 Å². The molecule has 122 valence electrons. The maximum atomic E-state index is 11.7. The molecule has 0 radical (unpaired) electrons. The molecule has 0 aromatic carbocycles. The van der Waals surface area contributed by atoms with E-state index in [4.69, 9.17) is 4.74 Å². The SMILES string of the molecule is CCCCCCCCCC(C)C=C(C(C)=O)C(=O)OCC. The van der Waals surface area contributed by atoms with Gasteiger partial charge in [0.25, 0.3) is 0 Å². The first kappa shape index (κ1) is 19.9. The lowest BCUT2D eigenvalue weighted by molar-refractivity contribution is -0.139. The zero-order valence-corrected chi connectivity index (χ0v) is 14.2. The minimum atomic E-state index is -0.489. The van der Waals surface area contributed by atoms with Crippen LogP contribution in [0.25, 0.3) is 0 Å². The van der Waals surface area contributed by atoms with Crippen molar-refractivity contribution in [2.75, 3.05) is 6.61 Å². The molecule has 0 amide bonds. The first-order valence-electron chi connectivity index (χ1n) is 8.42. The average Bonchev–Trinajstić information content (AvgIpc) is 2.43. The number of carbonyl (C=O) groups excluding carboxylic acids is 2. The number of carbonyl (C=O) groups is 2. The van der Waals surface area contributed by atoms with Crippen molar-refractivity contribution in [3.05, 3.63) is 11.6 Å². The summed E-state index contributed by atoms with van der Waals surface area (Å²) in [5, 5.41) is 0. The summed E-state index contributed by atoms with van der Waals surface area (Å²) < 4.78 is 4.92. The van der Waals surface area contributed by atoms with Crippen LogP contribution in [0.4, 0.5) is 0 Å². The summed E-state index contributed by atoms with van der Waals surface area (Å²) in [5.74, 6) is -0.458. The Balaban J connectivity index is 4.06. The molecule has 3 heteroatoms. The van der Waals surface area contributed by atoms with Crippen molar-refractivity contribution < 1.29 is 14.3 Å². The van der Waals surface area contributed by atoms with Crippen molar-refractivity contribution in [2.45, 2.75) is 79.1 Å². The van der Waals surface area contributed by atoms with Gasteiger partial charge in [0, 0.05) is 0 Å². The lowest BCUT2D eigenvalue weighted by atomic mass is 9.98. The minimum Gasteiger partial charge on any atom is -0.462 e. The molecular weight excluding hydrogens is 264 g/mol. The van der Waals surface area contributed by atoms with Crippen LogP contribution in [0.1, 0.15) is 79.1 Å². The summed E-state index contributed by atoms with van der Waals surface area (Å²) in [6, 6.07) is 0. The number of allylic oxidation sites excluding steroid dienone is 1. The van der Waals surface area contributed by atoms with Crippen molar-refractivity contribution in [2.24, 2.45) is 5.92 Å². The molecule has 0 saturated heterocycles. The van der Waals surface area contributed by atoms with Gasteiger partial charge in [-0.1, -0.05) is 64.9 Å². The summed E-state index contributed by atoms with van der Waals surface area (Å²) in [5.41, 5.74) is 0.201. The third-order valence-electron chi connectivity index (χ3n) is 3.59. The zero-order chi connectivity index (χ0) is 16.1. The molecule has 0 fully saturated rings. The summed E-state index contributed by atoms with van der Waals surface area (Å²) in [4.78, 5) is 23.2. The highest BCUT2D eigenvalue weighted by Crippen LogP contribution is 2.16. The van der Waals surface area contributed by atoms with Crippen LogP contribution in [0.15, 0.2) is 11.6 Å². The molecule has 0 saturated carbocycles. The maximum absolute atomic E-state index is 11.7. The largest absolute Gasteiger partial charge is 0.462 e. The molecule has 0 aliphatic heterocycles. The summed E-state index contributed by atoms with van der Waals surface area (Å²) >= 11 is 0. The predicted molar refractivity (Wildman–Crippen MR) is 87.2 cm³/mol. The Hall–Kier alpha value is -1.12. The molecule has 0 aromatic heterocycles. The zero-order valence-electron chi connectivity index (χ0n) is 14.2. The Morgan fingerprint density at radius 3 is 2.10 bits per heavy atom. The molecule has 0 spiro atoms. The lowest BCUT2D eigenvalue weighted by Gasteiger charge is -2.09. The lowest BCUT2D eigenvalue weighted by Crippen LogP contribution is -2.14. The highest BCUT2D eigenvalue weighted by Gasteiger charge is 2.16. The summed E-state index contributed by atoms with van der Waals surface area (Å²) in [6.07, 6.45) is 11.7. The van der Waals surface area contributed by atoms with E-state index in [2.05, 4.69) is 13.8 Å². The Bertz CT molecular complexity index is 331. The van der Waals surface area contributed by atoms with Gasteiger partial charge in [0.15, 0.2) is 5.78 Å². The van der Waals surface area contributed by atoms with Crippen molar-refractivity contribution in [1.82, 2.24) is 0 Å². The molecule has 1 atom stereocenters. The van der Waals surface area contributed by atoms with E-state index in [9.17, 15) is 9.59 Å². The van der Waals surface area contributed by atoms with Crippen molar-refractivity contribution in [3.63, 3.8) is 0 Å². The van der Waals surface area contributed by atoms with Crippen LogP contribution in [0.2, 0.25) is 0 Å². The second-order valence-electron chi connectivity index (χ2n) is 5.74. The first-order valence-corrected chi connectivity index (χ1v) is 8.42. The van der Waals surface area contributed by atoms with Crippen LogP contribution in [-0.2, 0) is 14.3 Å². The van der Waals surface area contributed by atoms with Crippen molar-refractivity contribution in [1.29, 1.82) is 0 Å². The molecule has 0 aliphatic carbocycles. The molecule has 0 rings (SSSR count). The number of hydrogen-bond donors (Lipinski definition) is 0. The number of esters is 1. The van der Waals surface area contributed by atoms with Crippen molar-refractivity contribution >= 4 is 11.8 Å². The predicted octanol–water partition coefficient (Wildman–Crippen LogP) is 4.84. The maximum Gasteiger partial charge on any atom is 0.341 e. The fourth-order valence-corrected chi connectivity index (χ4v) is 2.33.